The van der Waals surface area contributed by atoms with E-state index in [-0.39, 0.29) is 17.0 Å². The molecule has 0 aliphatic rings. The largest absolute Gasteiger partial charge is 0.450 e. The highest BCUT2D eigenvalue weighted by atomic mass is 35.5. The summed E-state index contributed by atoms with van der Waals surface area (Å²) in [4.78, 5) is 25.5. The maximum atomic E-state index is 13.2. The minimum Gasteiger partial charge on any atom is -0.450 e. The molecule has 0 aliphatic heterocycles. The second-order valence-corrected chi connectivity index (χ2v) is 6.95. The van der Waals surface area contributed by atoms with Crippen molar-refractivity contribution in [1.29, 1.82) is 0 Å². The van der Waals surface area contributed by atoms with Gasteiger partial charge in [-0.15, -0.1) is 0 Å². The normalized spacial score (nSPS) is 11.1. The van der Waals surface area contributed by atoms with Crippen LogP contribution in [0.1, 0.15) is 21.7 Å². The molecule has 0 radical (unpaired) electrons. The van der Waals surface area contributed by atoms with Crippen LogP contribution in [0.25, 0.3) is 17.0 Å². The fraction of sp³-hybridized carbons (Fsp3) is 0. The number of para-hydroxylation sites is 1. The fourth-order valence-electron chi connectivity index (χ4n) is 2.97. The fourth-order valence-corrected chi connectivity index (χ4v) is 3.10. The molecule has 0 unspecified atom stereocenters. The van der Waals surface area contributed by atoms with Gasteiger partial charge in [-0.1, -0.05) is 35.9 Å². The van der Waals surface area contributed by atoms with Crippen LogP contribution in [-0.4, -0.2) is 11.7 Å². The number of halogens is 2. The van der Waals surface area contributed by atoms with E-state index in [0.29, 0.717) is 16.0 Å². The van der Waals surface area contributed by atoms with Crippen LogP contribution in [0, 0.1) is 5.82 Å². The van der Waals surface area contributed by atoms with Crippen LogP contribution in [0.5, 0.6) is 0 Å². The third-order valence-corrected chi connectivity index (χ3v) is 4.71. The SMILES string of the molecule is O=C(C=Cc1ccc(Cl)cc1)Nc1c(C(=O)c2ccc(F)cc2)oc2ccccc12. The summed E-state index contributed by atoms with van der Waals surface area (Å²) in [7, 11) is 0. The van der Waals surface area contributed by atoms with Crippen molar-refractivity contribution in [1.82, 2.24) is 0 Å². The molecule has 6 heteroatoms. The number of benzene rings is 3. The maximum Gasteiger partial charge on any atom is 0.248 e. The van der Waals surface area contributed by atoms with Gasteiger partial charge >= 0.3 is 0 Å². The van der Waals surface area contributed by atoms with E-state index in [9.17, 15) is 14.0 Å². The van der Waals surface area contributed by atoms with E-state index in [2.05, 4.69) is 5.32 Å². The first-order valence-electron chi connectivity index (χ1n) is 9.08. The Labute approximate surface area is 176 Å². The molecule has 0 saturated carbocycles. The summed E-state index contributed by atoms with van der Waals surface area (Å²) in [6.45, 7) is 0. The zero-order valence-corrected chi connectivity index (χ0v) is 16.3. The highest BCUT2D eigenvalue weighted by Gasteiger charge is 2.23. The van der Waals surface area contributed by atoms with Crippen LogP contribution >= 0.6 is 11.6 Å². The van der Waals surface area contributed by atoms with Crippen LogP contribution in [-0.2, 0) is 4.79 Å². The lowest BCUT2D eigenvalue weighted by atomic mass is 10.1. The van der Waals surface area contributed by atoms with Crippen molar-refractivity contribution in [3.63, 3.8) is 0 Å². The van der Waals surface area contributed by atoms with Crippen LogP contribution in [0.15, 0.2) is 83.3 Å². The number of anilines is 1. The van der Waals surface area contributed by atoms with Crippen molar-refractivity contribution in [3.05, 3.63) is 107 Å². The van der Waals surface area contributed by atoms with Crippen molar-refractivity contribution in [2.45, 2.75) is 0 Å². The van der Waals surface area contributed by atoms with E-state index in [1.54, 1.807) is 54.6 Å². The van der Waals surface area contributed by atoms with Gasteiger partial charge in [-0.3, -0.25) is 9.59 Å². The zero-order chi connectivity index (χ0) is 21.1. The lowest BCUT2D eigenvalue weighted by Gasteiger charge is -2.04. The molecule has 1 N–H and O–H groups in total. The number of amides is 1. The van der Waals surface area contributed by atoms with Gasteiger partial charge in [0, 0.05) is 22.0 Å². The molecule has 1 amide bonds. The van der Waals surface area contributed by atoms with Crippen molar-refractivity contribution >= 4 is 46.0 Å². The highest BCUT2D eigenvalue weighted by Crippen LogP contribution is 2.32. The predicted molar refractivity (Wildman–Crippen MR) is 115 cm³/mol. The van der Waals surface area contributed by atoms with Crippen LogP contribution < -0.4 is 5.32 Å². The summed E-state index contributed by atoms with van der Waals surface area (Å²) < 4.78 is 18.9. The minimum absolute atomic E-state index is 0.0175. The average Bonchev–Trinajstić information content (AvgIpc) is 3.12. The summed E-state index contributed by atoms with van der Waals surface area (Å²) in [5.41, 5.74) is 1.78. The predicted octanol–water partition coefficient (Wildman–Crippen LogP) is 6.11. The van der Waals surface area contributed by atoms with Crippen molar-refractivity contribution in [2.24, 2.45) is 0 Å². The van der Waals surface area contributed by atoms with Crippen LogP contribution in [0.3, 0.4) is 0 Å². The average molecular weight is 420 g/mol. The smallest absolute Gasteiger partial charge is 0.248 e. The summed E-state index contributed by atoms with van der Waals surface area (Å²) >= 11 is 5.86. The molecular weight excluding hydrogens is 405 g/mol. The molecule has 0 saturated heterocycles. The Hall–Kier alpha value is -3.70. The maximum absolute atomic E-state index is 13.2. The number of hydrogen-bond donors (Lipinski definition) is 1. The van der Waals surface area contributed by atoms with Gasteiger partial charge in [0.25, 0.3) is 0 Å². The number of nitrogens with one attached hydrogen (secondary N) is 1. The first-order valence-corrected chi connectivity index (χ1v) is 9.45. The molecule has 4 rings (SSSR count). The van der Waals surface area contributed by atoms with Gasteiger partial charge in [0.2, 0.25) is 11.7 Å². The lowest BCUT2D eigenvalue weighted by molar-refractivity contribution is -0.111. The Morgan fingerprint density at radius 2 is 1.63 bits per heavy atom. The number of hydrogen-bond acceptors (Lipinski definition) is 3. The van der Waals surface area contributed by atoms with E-state index in [1.807, 2.05) is 0 Å². The molecule has 148 valence electrons. The molecule has 0 fully saturated rings. The molecule has 0 atom stereocenters. The summed E-state index contributed by atoms with van der Waals surface area (Å²) in [5, 5.41) is 3.93. The van der Waals surface area contributed by atoms with E-state index in [1.165, 1.54) is 30.3 Å². The first kappa shape index (κ1) is 19.6. The van der Waals surface area contributed by atoms with E-state index in [0.717, 1.165) is 5.56 Å². The summed E-state index contributed by atoms with van der Waals surface area (Å²) in [5.74, 6) is -1.35. The summed E-state index contributed by atoms with van der Waals surface area (Å²) in [6, 6.07) is 19.2. The quantitative estimate of drug-likeness (QED) is 0.313. The Morgan fingerprint density at radius 1 is 0.933 bits per heavy atom. The molecule has 0 aliphatic carbocycles. The second-order valence-electron chi connectivity index (χ2n) is 6.51. The van der Waals surface area contributed by atoms with Gasteiger partial charge in [-0.2, -0.15) is 0 Å². The molecule has 3 aromatic carbocycles. The Morgan fingerprint density at radius 3 is 2.37 bits per heavy atom. The first-order chi connectivity index (χ1) is 14.5. The van der Waals surface area contributed by atoms with Crippen LogP contribution in [0.4, 0.5) is 10.1 Å². The molecular formula is C24H15ClFNO3. The van der Waals surface area contributed by atoms with Crippen molar-refractivity contribution in [3.8, 4) is 0 Å². The molecule has 0 spiro atoms. The number of furan rings is 1. The third-order valence-electron chi connectivity index (χ3n) is 4.45. The van der Waals surface area contributed by atoms with Crippen LogP contribution in [0.2, 0.25) is 5.02 Å². The van der Waals surface area contributed by atoms with Gasteiger partial charge in [-0.25, -0.2) is 4.39 Å². The monoisotopic (exact) mass is 419 g/mol. The topological polar surface area (TPSA) is 59.3 Å². The highest BCUT2D eigenvalue weighted by molar-refractivity contribution is 6.30. The van der Waals surface area contributed by atoms with Gasteiger partial charge in [0.05, 0.1) is 5.69 Å². The van der Waals surface area contributed by atoms with Crippen molar-refractivity contribution < 1.29 is 18.4 Å². The molecule has 4 nitrogen and oxygen atoms in total. The Bertz CT molecular complexity index is 1260. The van der Waals surface area contributed by atoms with Gasteiger partial charge in [0.15, 0.2) is 5.76 Å². The molecule has 30 heavy (non-hydrogen) atoms. The Kier molecular flexibility index (Phi) is 5.46. The minimum atomic E-state index is -0.455. The molecule has 1 aromatic heterocycles. The van der Waals surface area contributed by atoms with Crippen molar-refractivity contribution in [2.75, 3.05) is 5.32 Å². The Balaban J connectivity index is 1.66. The lowest BCUT2D eigenvalue weighted by Crippen LogP contribution is -2.11. The number of carbonyl (C=O) groups excluding carboxylic acids is 2. The van der Waals surface area contributed by atoms with E-state index >= 15 is 0 Å². The number of fused-ring (bicyclic) bond motifs is 1. The number of carbonyl (C=O) groups is 2. The molecule has 1 heterocycles. The number of rotatable bonds is 5. The third kappa shape index (κ3) is 4.16. The van der Waals surface area contributed by atoms with E-state index < -0.39 is 17.5 Å². The summed E-state index contributed by atoms with van der Waals surface area (Å²) in [6.07, 6.45) is 2.99. The van der Waals surface area contributed by atoms with Gasteiger partial charge < -0.3 is 9.73 Å². The standard InChI is InChI=1S/C24H15ClFNO3/c25-17-10-5-15(6-11-17)7-14-21(28)27-22-19-3-1-2-4-20(19)30-24(22)23(29)16-8-12-18(26)13-9-16/h1-14H,(H,27,28). The zero-order valence-electron chi connectivity index (χ0n) is 15.6. The molecule has 4 aromatic rings. The van der Waals surface area contributed by atoms with Gasteiger partial charge in [-0.05, 0) is 60.2 Å². The molecule has 0 bridgehead atoms. The number of ketones is 1. The second kappa shape index (κ2) is 8.35. The van der Waals surface area contributed by atoms with Gasteiger partial charge in [0.1, 0.15) is 11.4 Å². The van der Waals surface area contributed by atoms with E-state index in [4.69, 9.17) is 16.0 Å².